The van der Waals surface area contributed by atoms with Crippen molar-refractivity contribution < 1.29 is 19.0 Å². The quantitative estimate of drug-likeness (QED) is 0.834. The zero-order valence-electron chi connectivity index (χ0n) is 12.4. The van der Waals surface area contributed by atoms with Crippen LogP contribution in [-0.4, -0.2) is 23.9 Å². The summed E-state index contributed by atoms with van der Waals surface area (Å²) in [5.41, 5.74) is -0.880. The fourth-order valence-electron chi connectivity index (χ4n) is 2.38. The Hall–Kier alpha value is -2.20. The number of carbonyl (C=O) groups excluding carboxylic acids is 1. The monoisotopic (exact) mass is 302 g/mol. The van der Waals surface area contributed by atoms with Gasteiger partial charge in [0, 0.05) is 6.42 Å². The molecule has 116 valence electrons. The van der Waals surface area contributed by atoms with Crippen molar-refractivity contribution in [1.29, 1.82) is 0 Å². The van der Waals surface area contributed by atoms with Crippen molar-refractivity contribution in [2.45, 2.75) is 25.1 Å². The highest BCUT2D eigenvalue weighted by atomic mass is 19.1. The second kappa shape index (κ2) is 7.18. The third kappa shape index (κ3) is 3.52. The zero-order valence-corrected chi connectivity index (χ0v) is 12.4. The maximum atomic E-state index is 14.7. The van der Waals surface area contributed by atoms with Crippen LogP contribution in [-0.2, 0) is 21.6 Å². The van der Waals surface area contributed by atoms with E-state index >= 15 is 0 Å². The molecule has 0 aliphatic rings. The van der Waals surface area contributed by atoms with E-state index in [1.807, 2.05) is 6.07 Å². The van der Waals surface area contributed by atoms with E-state index in [0.29, 0.717) is 5.56 Å². The van der Waals surface area contributed by atoms with E-state index in [2.05, 4.69) is 0 Å². The predicted molar refractivity (Wildman–Crippen MR) is 82.0 cm³/mol. The summed E-state index contributed by atoms with van der Waals surface area (Å²) in [5.74, 6) is -1.05. The molecule has 0 radical (unpaired) electrons. The largest absolute Gasteiger partial charge is 0.464 e. The zero-order chi connectivity index (χ0) is 16.0. The summed E-state index contributed by atoms with van der Waals surface area (Å²) < 4.78 is 19.4. The Labute approximate surface area is 129 Å². The number of rotatable bonds is 6. The summed E-state index contributed by atoms with van der Waals surface area (Å²) in [7, 11) is 0. The average molecular weight is 302 g/mol. The molecule has 0 aromatic heterocycles. The number of aliphatic hydroxyl groups is 1. The van der Waals surface area contributed by atoms with Crippen molar-refractivity contribution in [3.8, 4) is 0 Å². The second-order valence-electron chi connectivity index (χ2n) is 5.07. The van der Waals surface area contributed by atoms with E-state index in [9.17, 15) is 14.3 Å². The van der Waals surface area contributed by atoms with Gasteiger partial charge in [-0.15, -0.1) is 0 Å². The van der Waals surface area contributed by atoms with Crippen molar-refractivity contribution in [2.75, 3.05) is 6.61 Å². The highest BCUT2D eigenvalue weighted by Crippen LogP contribution is 2.32. The lowest BCUT2D eigenvalue weighted by molar-refractivity contribution is -0.161. The van der Waals surface area contributed by atoms with Crippen molar-refractivity contribution in [2.24, 2.45) is 0 Å². The molecule has 1 N–H and O–H groups in total. The summed E-state index contributed by atoms with van der Waals surface area (Å²) in [6.45, 7) is 1.67. The van der Waals surface area contributed by atoms with Gasteiger partial charge in [0.15, 0.2) is 0 Å². The molecular weight excluding hydrogens is 283 g/mol. The van der Waals surface area contributed by atoms with Crippen molar-refractivity contribution in [1.82, 2.24) is 0 Å². The number of hydrogen-bond donors (Lipinski definition) is 1. The van der Waals surface area contributed by atoms with Gasteiger partial charge in [0.1, 0.15) is 5.60 Å². The average Bonchev–Trinajstić information content (AvgIpc) is 2.56. The molecule has 0 unspecified atom stereocenters. The number of carbonyl (C=O) groups is 1. The van der Waals surface area contributed by atoms with Crippen LogP contribution in [0.5, 0.6) is 0 Å². The Kier molecular flexibility index (Phi) is 5.28. The molecule has 0 fully saturated rings. The van der Waals surface area contributed by atoms with Gasteiger partial charge in [-0.3, -0.25) is 0 Å². The van der Waals surface area contributed by atoms with Crippen LogP contribution < -0.4 is 0 Å². The van der Waals surface area contributed by atoms with Crippen LogP contribution in [0.4, 0.5) is 4.39 Å². The van der Waals surface area contributed by atoms with E-state index in [4.69, 9.17) is 4.74 Å². The minimum atomic E-state index is -2.16. The SMILES string of the molecule is CCOC(=O)[C@H](F)[C@@](O)(Cc1ccccc1)c1ccccc1. The minimum absolute atomic E-state index is 0.0160. The Morgan fingerprint density at radius 1 is 1.14 bits per heavy atom. The van der Waals surface area contributed by atoms with Crippen LogP contribution in [0.15, 0.2) is 60.7 Å². The lowest BCUT2D eigenvalue weighted by Crippen LogP contribution is -2.44. The van der Waals surface area contributed by atoms with Gasteiger partial charge in [-0.2, -0.15) is 0 Å². The van der Waals surface area contributed by atoms with Gasteiger partial charge < -0.3 is 9.84 Å². The highest BCUT2D eigenvalue weighted by molar-refractivity contribution is 5.76. The van der Waals surface area contributed by atoms with E-state index in [1.54, 1.807) is 61.5 Å². The van der Waals surface area contributed by atoms with Crippen LogP contribution in [0, 0.1) is 0 Å². The molecule has 0 aliphatic carbocycles. The Balaban J connectivity index is 2.38. The molecule has 0 spiro atoms. The van der Waals surface area contributed by atoms with Crippen molar-refractivity contribution in [3.63, 3.8) is 0 Å². The predicted octanol–water partition coefficient (Wildman–Crippen LogP) is 3.02. The first-order chi connectivity index (χ1) is 10.6. The van der Waals surface area contributed by atoms with E-state index in [0.717, 1.165) is 5.56 Å². The van der Waals surface area contributed by atoms with Crippen LogP contribution in [0.25, 0.3) is 0 Å². The maximum absolute atomic E-state index is 14.7. The molecule has 0 saturated heterocycles. The first-order valence-electron chi connectivity index (χ1n) is 7.20. The highest BCUT2D eigenvalue weighted by Gasteiger charge is 2.44. The standard InChI is InChI=1S/C18H19FO3/c1-2-22-17(20)16(19)18(21,15-11-7-4-8-12-15)13-14-9-5-3-6-10-14/h3-12,16,21H,2,13H2,1H3/t16-,18+/m0/s1. The Morgan fingerprint density at radius 2 is 1.68 bits per heavy atom. The van der Waals surface area contributed by atoms with Crippen LogP contribution >= 0.6 is 0 Å². The number of halogens is 1. The van der Waals surface area contributed by atoms with E-state index in [-0.39, 0.29) is 13.0 Å². The molecule has 0 aliphatic heterocycles. The summed E-state index contributed by atoms with van der Waals surface area (Å²) in [6.07, 6.45) is -2.17. The molecule has 2 atom stereocenters. The Morgan fingerprint density at radius 3 is 2.23 bits per heavy atom. The Bertz CT molecular complexity index is 600. The van der Waals surface area contributed by atoms with Gasteiger partial charge in [-0.05, 0) is 18.1 Å². The maximum Gasteiger partial charge on any atom is 0.344 e. The molecule has 2 rings (SSSR count). The molecule has 0 bridgehead atoms. The van der Waals surface area contributed by atoms with Crippen molar-refractivity contribution >= 4 is 5.97 Å². The van der Waals surface area contributed by atoms with Gasteiger partial charge in [0.05, 0.1) is 6.61 Å². The molecule has 3 nitrogen and oxygen atoms in total. The van der Waals surface area contributed by atoms with Gasteiger partial charge in [-0.1, -0.05) is 60.7 Å². The van der Waals surface area contributed by atoms with Gasteiger partial charge in [-0.25, -0.2) is 9.18 Å². The van der Waals surface area contributed by atoms with Crippen LogP contribution in [0.3, 0.4) is 0 Å². The first-order valence-corrected chi connectivity index (χ1v) is 7.20. The van der Waals surface area contributed by atoms with Gasteiger partial charge >= 0.3 is 5.97 Å². The van der Waals surface area contributed by atoms with Gasteiger partial charge in [0.25, 0.3) is 0 Å². The number of alkyl halides is 1. The lowest BCUT2D eigenvalue weighted by Gasteiger charge is -2.31. The van der Waals surface area contributed by atoms with Crippen molar-refractivity contribution in [3.05, 3.63) is 71.8 Å². The first kappa shape index (κ1) is 16.2. The van der Waals surface area contributed by atoms with Crippen LogP contribution in [0.2, 0.25) is 0 Å². The van der Waals surface area contributed by atoms with Crippen LogP contribution in [0.1, 0.15) is 18.1 Å². The third-order valence-electron chi connectivity index (χ3n) is 3.50. The number of benzene rings is 2. The summed E-state index contributed by atoms with van der Waals surface area (Å²) in [6, 6.07) is 17.4. The number of ether oxygens (including phenoxy) is 1. The minimum Gasteiger partial charge on any atom is -0.464 e. The smallest absolute Gasteiger partial charge is 0.344 e. The van der Waals surface area contributed by atoms with E-state index in [1.165, 1.54) is 0 Å². The fourth-order valence-corrected chi connectivity index (χ4v) is 2.38. The molecule has 0 heterocycles. The van der Waals surface area contributed by atoms with E-state index < -0.39 is 17.7 Å². The molecule has 22 heavy (non-hydrogen) atoms. The summed E-state index contributed by atoms with van der Waals surface area (Å²) in [5, 5.41) is 10.9. The third-order valence-corrected chi connectivity index (χ3v) is 3.50. The molecule has 2 aromatic carbocycles. The topological polar surface area (TPSA) is 46.5 Å². The number of hydrogen-bond acceptors (Lipinski definition) is 3. The van der Waals surface area contributed by atoms with Gasteiger partial charge in [0.2, 0.25) is 6.17 Å². The fraction of sp³-hybridized carbons (Fsp3) is 0.278. The molecule has 4 heteroatoms. The second-order valence-corrected chi connectivity index (χ2v) is 5.07. The lowest BCUT2D eigenvalue weighted by atomic mass is 9.83. The summed E-state index contributed by atoms with van der Waals surface area (Å²) >= 11 is 0. The molecule has 2 aromatic rings. The molecule has 0 saturated carbocycles. The molecule has 0 amide bonds. The summed E-state index contributed by atoms with van der Waals surface area (Å²) in [4.78, 5) is 11.8. The number of esters is 1. The normalized spacial score (nSPS) is 14.9. The molecular formula is C18H19FO3.